The number of rotatable bonds is 3. The van der Waals surface area contributed by atoms with Gasteiger partial charge in [-0.05, 0) is 28.1 Å². The highest BCUT2D eigenvalue weighted by molar-refractivity contribution is 9.10. The van der Waals surface area contributed by atoms with Gasteiger partial charge in [0.05, 0.1) is 19.8 Å². The molecule has 0 aliphatic heterocycles. The second-order valence-electron chi connectivity index (χ2n) is 3.78. The van der Waals surface area contributed by atoms with Gasteiger partial charge in [0, 0.05) is 4.47 Å². The molecule has 0 bridgehead atoms. The van der Waals surface area contributed by atoms with E-state index < -0.39 is 23.5 Å². The lowest BCUT2D eigenvalue weighted by Crippen LogP contribution is -2.10. The zero-order valence-corrected chi connectivity index (χ0v) is 12.6. The smallest absolute Gasteiger partial charge is 0.376 e. The molecule has 1 aromatic carbocycles. The molecule has 0 amide bonds. The molecule has 0 saturated heterocycles. The third kappa shape index (κ3) is 2.80. The molecule has 0 aliphatic rings. The minimum absolute atomic E-state index is 0.0159. The van der Waals surface area contributed by atoms with E-state index in [1.807, 2.05) is 0 Å². The van der Waals surface area contributed by atoms with Crippen molar-refractivity contribution in [2.24, 2.45) is 0 Å². The van der Waals surface area contributed by atoms with E-state index in [0.29, 0.717) is 4.47 Å². The third-order valence-corrected chi connectivity index (χ3v) is 3.21. The topological polar surface area (TPSA) is 78.6 Å². The Hall–Kier alpha value is -2.22. The van der Waals surface area contributed by atoms with Crippen LogP contribution in [0.25, 0.3) is 11.5 Å². The Morgan fingerprint density at radius 2 is 1.90 bits per heavy atom. The van der Waals surface area contributed by atoms with Gasteiger partial charge in [-0.2, -0.15) is 0 Å². The number of oxazole rings is 1. The highest BCUT2D eigenvalue weighted by atomic mass is 79.9. The van der Waals surface area contributed by atoms with Crippen LogP contribution in [-0.2, 0) is 9.47 Å². The maximum Gasteiger partial charge on any atom is 0.376 e. The number of halogens is 2. The van der Waals surface area contributed by atoms with E-state index in [-0.39, 0.29) is 17.1 Å². The first-order valence-corrected chi connectivity index (χ1v) is 6.40. The number of carbonyl (C=O) groups is 2. The molecule has 8 heteroatoms. The summed E-state index contributed by atoms with van der Waals surface area (Å²) in [5.74, 6) is -3.12. The molecule has 0 atom stereocenters. The van der Waals surface area contributed by atoms with Crippen molar-refractivity contribution in [3.63, 3.8) is 0 Å². The van der Waals surface area contributed by atoms with Crippen molar-refractivity contribution < 1.29 is 27.9 Å². The minimum atomic E-state index is -0.915. The van der Waals surface area contributed by atoms with Gasteiger partial charge in [0.25, 0.3) is 0 Å². The van der Waals surface area contributed by atoms with E-state index in [0.717, 1.165) is 14.2 Å². The fourth-order valence-electron chi connectivity index (χ4n) is 1.60. The van der Waals surface area contributed by atoms with Gasteiger partial charge >= 0.3 is 11.9 Å². The summed E-state index contributed by atoms with van der Waals surface area (Å²) in [6.07, 6.45) is 0. The fourth-order valence-corrected chi connectivity index (χ4v) is 2.11. The van der Waals surface area contributed by atoms with Gasteiger partial charge in [-0.25, -0.2) is 19.0 Å². The summed E-state index contributed by atoms with van der Waals surface area (Å²) in [7, 11) is 2.24. The molecule has 1 aromatic heterocycles. The van der Waals surface area contributed by atoms with Crippen LogP contribution in [0.4, 0.5) is 4.39 Å². The molecule has 2 aromatic rings. The molecule has 6 nitrogen and oxygen atoms in total. The predicted octanol–water partition coefficient (Wildman–Crippen LogP) is 2.82. The van der Waals surface area contributed by atoms with Crippen molar-refractivity contribution in [1.29, 1.82) is 0 Å². The molecule has 0 aliphatic carbocycles. The first-order chi connectivity index (χ1) is 9.99. The molecule has 0 fully saturated rings. The third-order valence-electron chi connectivity index (χ3n) is 2.55. The SMILES string of the molecule is COC(=O)c1nc(-c2c(F)cccc2Br)oc1C(=O)OC. The lowest BCUT2D eigenvalue weighted by molar-refractivity contribution is 0.0527. The number of ether oxygens (including phenoxy) is 2. The first kappa shape index (κ1) is 15.2. The van der Waals surface area contributed by atoms with Crippen LogP contribution in [-0.4, -0.2) is 31.1 Å². The number of carbonyl (C=O) groups excluding carboxylic acids is 2. The van der Waals surface area contributed by atoms with Gasteiger partial charge in [0.2, 0.25) is 17.3 Å². The molecule has 110 valence electrons. The number of aromatic nitrogens is 1. The number of esters is 2. The monoisotopic (exact) mass is 357 g/mol. The summed E-state index contributed by atoms with van der Waals surface area (Å²) in [6.45, 7) is 0. The van der Waals surface area contributed by atoms with Crippen molar-refractivity contribution in [3.05, 3.63) is 39.9 Å². The van der Waals surface area contributed by atoms with E-state index in [1.54, 1.807) is 6.07 Å². The van der Waals surface area contributed by atoms with Crippen molar-refractivity contribution in [3.8, 4) is 11.5 Å². The van der Waals surface area contributed by atoms with Gasteiger partial charge in [-0.3, -0.25) is 0 Å². The van der Waals surface area contributed by atoms with Gasteiger partial charge in [-0.15, -0.1) is 0 Å². The van der Waals surface area contributed by atoms with Gasteiger partial charge in [0.1, 0.15) is 5.82 Å². The van der Waals surface area contributed by atoms with E-state index in [9.17, 15) is 14.0 Å². The Bertz CT molecular complexity index is 659. The van der Waals surface area contributed by atoms with Crippen LogP contribution in [0.15, 0.2) is 27.1 Å². The van der Waals surface area contributed by atoms with Crippen molar-refractivity contribution in [1.82, 2.24) is 4.98 Å². The molecule has 21 heavy (non-hydrogen) atoms. The van der Waals surface area contributed by atoms with Crippen molar-refractivity contribution >= 4 is 27.9 Å². The Kier molecular flexibility index (Phi) is 4.37. The Morgan fingerprint density at radius 3 is 2.48 bits per heavy atom. The first-order valence-electron chi connectivity index (χ1n) is 5.61. The molecule has 0 spiro atoms. The number of benzene rings is 1. The zero-order chi connectivity index (χ0) is 15.6. The molecule has 0 unspecified atom stereocenters. The molecule has 0 saturated carbocycles. The quantitative estimate of drug-likeness (QED) is 0.786. The number of nitrogens with zero attached hydrogens (tertiary/aromatic N) is 1. The lowest BCUT2D eigenvalue weighted by Gasteiger charge is -2.00. The largest absolute Gasteiger partial charge is 0.464 e. The van der Waals surface area contributed by atoms with Crippen LogP contribution >= 0.6 is 15.9 Å². The van der Waals surface area contributed by atoms with Crippen LogP contribution in [0.2, 0.25) is 0 Å². The molecular weight excluding hydrogens is 349 g/mol. The predicted molar refractivity (Wildman–Crippen MR) is 72.3 cm³/mol. The summed E-state index contributed by atoms with van der Waals surface area (Å²) >= 11 is 3.15. The maximum absolute atomic E-state index is 13.9. The summed E-state index contributed by atoms with van der Waals surface area (Å²) < 4.78 is 28.4. The maximum atomic E-state index is 13.9. The molecule has 2 rings (SSSR count). The number of hydrogen-bond donors (Lipinski definition) is 0. The minimum Gasteiger partial charge on any atom is -0.464 e. The average molecular weight is 358 g/mol. The fraction of sp³-hybridized carbons (Fsp3) is 0.154. The lowest BCUT2D eigenvalue weighted by atomic mass is 10.2. The second kappa shape index (κ2) is 6.04. The van der Waals surface area contributed by atoms with Gasteiger partial charge in [0.15, 0.2) is 0 Å². The Labute approximate surface area is 127 Å². The van der Waals surface area contributed by atoms with Crippen LogP contribution in [0.5, 0.6) is 0 Å². The summed E-state index contributed by atoms with van der Waals surface area (Å²) in [5.41, 5.74) is -0.396. The standard InChI is InChI=1S/C13H9BrFNO5/c1-19-12(17)9-10(13(18)20-2)21-11(16-9)8-6(14)4-3-5-7(8)15/h3-5H,1-2H3. The number of methoxy groups -OCH3 is 2. The Morgan fingerprint density at radius 1 is 1.24 bits per heavy atom. The zero-order valence-electron chi connectivity index (χ0n) is 11.0. The van der Waals surface area contributed by atoms with Crippen molar-refractivity contribution in [2.45, 2.75) is 0 Å². The van der Waals surface area contributed by atoms with Gasteiger partial charge < -0.3 is 13.9 Å². The second-order valence-corrected chi connectivity index (χ2v) is 4.63. The van der Waals surface area contributed by atoms with Gasteiger partial charge in [-0.1, -0.05) is 6.07 Å². The normalized spacial score (nSPS) is 10.3. The van der Waals surface area contributed by atoms with E-state index in [2.05, 4.69) is 30.4 Å². The van der Waals surface area contributed by atoms with Crippen LogP contribution in [0, 0.1) is 5.82 Å². The van der Waals surface area contributed by atoms with Crippen LogP contribution in [0.1, 0.15) is 21.0 Å². The highest BCUT2D eigenvalue weighted by Gasteiger charge is 2.29. The van der Waals surface area contributed by atoms with E-state index in [1.165, 1.54) is 12.1 Å². The summed E-state index contributed by atoms with van der Waals surface area (Å²) in [4.78, 5) is 27.0. The summed E-state index contributed by atoms with van der Waals surface area (Å²) in [5, 5.41) is 0. The molecular formula is C13H9BrFNO5. The molecule has 0 radical (unpaired) electrons. The van der Waals surface area contributed by atoms with Crippen molar-refractivity contribution in [2.75, 3.05) is 14.2 Å². The van der Waals surface area contributed by atoms with Crippen LogP contribution in [0.3, 0.4) is 0 Å². The van der Waals surface area contributed by atoms with Crippen LogP contribution < -0.4 is 0 Å². The number of hydrogen-bond acceptors (Lipinski definition) is 6. The van der Waals surface area contributed by atoms with E-state index in [4.69, 9.17) is 4.42 Å². The highest BCUT2D eigenvalue weighted by Crippen LogP contribution is 2.31. The Balaban J connectivity index is 2.64. The molecule has 0 N–H and O–H groups in total. The average Bonchev–Trinajstić information content (AvgIpc) is 2.90. The molecule has 1 heterocycles. The summed E-state index contributed by atoms with van der Waals surface area (Å²) in [6, 6.07) is 4.24. The van der Waals surface area contributed by atoms with E-state index >= 15 is 0 Å².